The highest BCUT2D eigenvalue weighted by Gasteiger charge is 2.41. The molecule has 2 saturated heterocycles. The third kappa shape index (κ3) is 8.68. The number of allylic oxidation sites excluding steroid dienone is 1. The fourth-order valence-electron chi connectivity index (χ4n) is 8.52. The van der Waals surface area contributed by atoms with Gasteiger partial charge < -0.3 is 29.6 Å². The number of H-pyrrole nitrogens is 1. The number of likely N-dealkylation sites (tertiary alicyclic amines) is 2. The molecule has 312 valence electrons. The van der Waals surface area contributed by atoms with Crippen LogP contribution in [0.4, 0.5) is 4.79 Å². The number of benzene rings is 3. The largest absolute Gasteiger partial charge is 0.469 e. The van der Waals surface area contributed by atoms with Crippen molar-refractivity contribution in [3.8, 4) is 22.4 Å². The Bertz CT molecular complexity index is 2410. The molecule has 2 N–H and O–H groups in total. The van der Waals surface area contributed by atoms with Crippen LogP contribution < -0.4 is 5.32 Å². The van der Waals surface area contributed by atoms with E-state index in [1.165, 1.54) is 14.2 Å². The summed E-state index contributed by atoms with van der Waals surface area (Å²) in [4.78, 5) is 68.2. The van der Waals surface area contributed by atoms with Crippen molar-refractivity contribution in [2.24, 2.45) is 22.7 Å². The first-order chi connectivity index (χ1) is 28.7. The summed E-state index contributed by atoms with van der Waals surface area (Å²) in [7, 11) is 2.63. The maximum absolute atomic E-state index is 13.8. The minimum absolute atomic E-state index is 0.0141. The van der Waals surface area contributed by atoms with Crippen molar-refractivity contribution in [3.63, 3.8) is 0 Å². The van der Waals surface area contributed by atoms with Gasteiger partial charge in [0.1, 0.15) is 11.9 Å². The highest BCUT2D eigenvalue weighted by atomic mass is 16.5. The molecule has 1 aromatic heterocycles. The number of aromatic nitrogens is 2. The number of hydrogen-bond acceptors (Lipinski definition) is 8. The van der Waals surface area contributed by atoms with Crippen LogP contribution >= 0.6 is 0 Å². The van der Waals surface area contributed by atoms with Crippen molar-refractivity contribution in [2.75, 3.05) is 27.3 Å². The predicted molar refractivity (Wildman–Crippen MR) is 234 cm³/mol. The Morgan fingerprint density at radius 1 is 0.783 bits per heavy atom. The molecule has 0 saturated carbocycles. The van der Waals surface area contributed by atoms with Gasteiger partial charge in [-0.25, -0.2) is 9.78 Å². The van der Waals surface area contributed by atoms with Gasteiger partial charge in [-0.3, -0.25) is 19.4 Å². The summed E-state index contributed by atoms with van der Waals surface area (Å²) in [6, 6.07) is 20.0. The number of carbonyl (C=O) groups excluding carboxylic acids is 4. The van der Waals surface area contributed by atoms with Gasteiger partial charge >= 0.3 is 12.1 Å². The zero-order chi connectivity index (χ0) is 42.8. The molecule has 3 aliphatic heterocycles. The lowest BCUT2D eigenvalue weighted by atomic mass is 9.90. The number of rotatable bonds is 12. The van der Waals surface area contributed by atoms with Gasteiger partial charge in [-0.05, 0) is 69.8 Å². The number of hydrogen-bond donors (Lipinski definition) is 2. The van der Waals surface area contributed by atoms with Gasteiger partial charge in [0.2, 0.25) is 11.8 Å². The second-order valence-electron chi connectivity index (χ2n) is 16.8. The molecule has 12 heteroatoms. The fourth-order valence-corrected chi connectivity index (χ4v) is 8.52. The molecule has 0 unspecified atom stereocenters. The molecule has 7 rings (SSSR count). The van der Waals surface area contributed by atoms with Gasteiger partial charge in [-0.2, -0.15) is 0 Å². The third-order valence-corrected chi connectivity index (χ3v) is 12.0. The Hall–Kier alpha value is -6.30. The normalized spacial score (nSPS) is 18.9. The smallest absolute Gasteiger partial charge is 0.407 e. The Kier molecular flexibility index (Phi) is 12.2. The number of fused-ring (bicyclic) bond motifs is 1. The van der Waals surface area contributed by atoms with Gasteiger partial charge in [-0.1, -0.05) is 101 Å². The van der Waals surface area contributed by atoms with E-state index in [4.69, 9.17) is 19.5 Å². The number of carbonyl (C=O) groups is 4. The number of aromatic amines is 1. The van der Waals surface area contributed by atoms with Crippen molar-refractivity contribution in [3.05, 3.63) is 109 Å². The number of ether oxygens (including phenoxy) is 2. The first-order valence-electron chi connectivity index (χ1n) is 20.6. The molecule has 0 radical (unpaired) electrons. The molecule has 3 aromatic carbocycles. The van der Waals surface area contributed by atoms with E-state index >= 15 is 0 Å². The monoisotopic (exact) mass is 810 g/mol. The van der Waals surface area contributed by atoms with Gasteiger partial charge in [0.15, 0.2) is 0 Å². The van der Waals surface area contributed by atoms with E-state index in [9.17, 15) is 19.2 Å². The van der Waals surface area contributed by atoms with E-state index in [0.717, 1.165) is 61.2 Å². The van der Waals surface area contributed by atoms with Crippen molar-refractivity contribution >= 4 is 45.9 Å². The van der Waals surface area contributed by atoms with E-state index in [-0.39, 0.29) is 48.1 Å². The third-order valence-electron chi connectivity index (χ3n) is 12.0. The SMILES string of the molecule is C=C1C[C@@H](C2=NC=C(c3ccc(-c4ccc5cc(-c6cnc([C@@H]7CC(=C)CN7C(=O)[C@@H](NC(=O)OC)C(C)C)[nH]6)ccc5c4)cc3)C2)N(C(=O)[C@@H](CC(=O)OC)C(C)C)C1. The highest BCUT2D eigenvalue weighted by molar-refractivity contribution is 6.04. The highest BCUT2D eigenvalue weighted by Crippen LogP contribution is 2.37. The summed E-state index contributed by atoms with van der Waals surface area (Å²) in [5.41, 5.74) is 9.02. The Morgan fingerprint density at radius 3 is 2.02 bits per heavy atom. The average Bonchev–Trinajstić information content (AvgIpc) is 4.07. The molecule has 0 spiro atoms. The Morgan fingerprint density at radius 2 is 1.38 bits per heavy atom. The molecule has 4 aromatic rings. The molecule has 4 heterocycles. The lowest BCUT2D eigenvalue weighted by Crippen LogP contribution is -2.51. The van der Waals surface area contributed by atoms with Crippen molar-refractivity contribution in [2.45, 2.75) is 71.5 Å². The number of alkyl carbamates (subject to hydrolysis) is 1. The molecule has 4 atom stereocenters. The second-order valence-corrected chi connectivity index (χ2v) is 16.8. The lowest BCUT2D eigenvalue weighted by Gasteiger charge is -2.30. The first-order valence-corrected chi connectivity index (χ1v) is 20.6. The zero-order valence-electron chi connectivity index (χ0n) is 35.3. The number of nitrogens with zero attached hydrogens (tertiary/aromatic N) is 4. The van der Waals surface area contributed by atoms with Crippen LogP contribution in [0.15, 0.2) is 102 Å². The number of nitrogens with one attached hydrogen (secondary N) is 2. The summed E-state index contributed by atoms with van der Waals surface area (Å²) in [6.07, 6.45) is 4.99. The summed E-state index contributed by atoms with van der Waals surface area (Å²) >= 11 is 0. The van der Waals surface area contributed by atoms with E-state index in [1.807, 2.05) is 38.8 Å². The standard InChI is InChI=1S/C48H54N6O6/c1-27(2)38(22-43(55)59-7)46(56)53-25-29(5)17-41(53)39-21-37(23-49-39)32-11-9-31(10-12-32)33-13-14-35-20-36(16-15-34(35)19-33)40-24-50-45(51-40)42-18-30(6)26-54(42)47(57)44(28(3)4)52-48(58)60-8/h9-16,19-20,23-24,27-28,38,41-42,44H,5-6,17-18,21-22,25-26H2,1-4,7-8H3,(H,50,51)(H,52,58)/t38-,41-,42-,44-/m0/s1. The van der Waals surface area contributed by atoms with Crippen LogP contribution in [0.2, 0.25) is 0 Å². The molecule has 0 aliphatic carbocycles. The molecule has 3 aliphatic rings. The molecule has 60 heavy (non-hydrogen) atoms. The van der Waals surface area contributed by atoms with Crippen LogP contribution in [0.5, 0.6) is 0 Å². The van der Waals surface area contributed by atoms with Crippen LogP contribution in [0.25, 0.3) is 38.7 Å². The summed E-state index contributed by atoms with van der Waals surface area (Å²) < 4.78 is 9.66. The predicted octanol–water partition coefficient (Wildman–Crippen LogP) is 8.29. The van der Waals surface area contributed by atoms with E-state index < -0.39 is 18.1 Å². The zero-order valence-corrected chi connectivity index (χ0v) is 35.3. The quantitative estimate of drug-likeness (QED) is 0.108. The lowest BCUT2D eigenvalue weighted by molar-refractivity contribution is -0.148. The molecule has 12 nitrogen and oxygen atoms in total. The van der Waals surface area contributed by atoms with Crippen LogP contribution in [-0.4, -0.2) is 88.7 Å². The number of amides is 3. The van der Waals surface area contributed by atoms with Crippen molar-refractivity contribution in [1.29, 1.82) is 0 Å². The molecular weight excluding hydrogens is 757 g/mol. The van der Waals surface area contributed by atoms with Crippen molar-refractivity contribution < 1.29 is 28.7 Å². The van der Waals surface area contributed by atoms with E-state index in [2.05, 4.69) is 84.1 Å². The van der Waals surface area contributed by atoms with Crippen LogP contribution in [0.3, 0.4) is 0 Å². The number of aliphatic imine (C=N–C) groups is 1. The first kappa shape index (κ1) is 41.8. The minimum Gasteiger partial charge on any atom is -0.469 e. The number of esters is 1. The molecule has 3 amide bonds. The Labute approximate surface area is 351 Å². The van der Waals surface area contributed by atoms with Gasteiger partial charge in [0.05, 0.1) is 50.5 Å². The molecular formula is C48H54N6O6. The summed E-state index contributed by atoms with van der Waals surface area (Å²) in [5.74, 6) is -0.591. The second kappa shape index (κ2) is 17.5. The summed E-state index contributed by atoms with van der Waals surface area (Å²) in [5, 5.41) is 4.87. The Balaban J connectivity index is 1.01. The van der Waals surface area contributed by atoms with Gasteiger partial charge in [0.25, 0.3) is 0 Å². The summed E-state index contributed by atoms with van der Waals surface area (Å²) in [6.45, 7) is 16.9. The van der Waals surface area contributed by atoms with Crippen LogP contribution in [0, 0.1) is 17.8 Å². The van der Waals surface area contributed by atoms with Gasteiger partial charge in [-0.15, -0.1) is 0 Å². The van der Waals surface area contributed by atoms with E-state index in [1.54, 1.807) is 11.1 Å². The molecule has 0 bridgehead atoms. The van der Waals surface area contributed by atoms with Crippen LogP contribution in [-0.2, 0) is 23.9 Å². The fraction of sp³-hybridized carbons (Fsp3) is 0.375. The maximum atomic E-state index is 13.8. The van der Waals surface area contributed by atoms with E-state index in [0.29, 0.717) is 38.2 Å². The van der Waals surface area contributed by atoms with Crippen LogP contribution in [0.1, 0.15) is 70.8 Å². The topological polar surface area (TPSA) is 146 Å². The molecule has 2 fully saturated rings. The maximum Gasteiger partial charge on any atom is 0.407 e. The number of methoxy groups -OCH3 is 2. The van der Waals surface area contributed by atoms with Gasteiger partial charge in [0, 0.05) is 37.0 Å². The number of imidazole rings is 1. The minimum atomic E-state index is -0.740. The van der Waals surface area contributed by atoms with Crippen molar-refractivity contribution in [1.82, 2.24) is 25.1 Å². The average molecular weight is 811 g/mol.